The standard InChI is InChI=1S/C15H22ClN3O2/c1-4-19(5-2)15(21)10-17-9-14(20)18-13-8-12(16)7-6-11(13)3/h6-8,17H,4-5,9-10H2,1-3H3,(H,18,20). The number of anilines is 1. The second kappa shape index (κ2) is 8.64. The Labute approximate surface area is 130 Å². The Kier molecular flexibility index (Phi) is 7.19. The van der Waals surface area contributed by atoms with E-state index in [1.165, 1.54) is 0 Å². The van der Waals surface area contributed by atoms with E-state index in [1.54, 1.807) is 17.0 Å². The Morgan fingerprint density at radius 1 is 1.19 bits per heavy atom. The molecule has 0 atom stereocenters. The molecule has 0 aromatic heterocycles. The predicted molar refractivity (Wildman–Crippen MR) is 85.6 cm³/mol. The van der Waals surface area contributed by atoms with Crippen LogP contribution in [0.25, 0.3) is 0 Å². The van der Waals surface area contributed by atoms with E-state index in [1.807, 2.05) is 26.8 Å². The third kappa shape index (κ3) is 5.73. The number of amides is 2. The number of halogens is 1. The molecule has 2 amide bonds. The molecule has 0 aliphatic rings. The van der Waals surface area contributed by atoms with Crippen LogP contribution in [0.3, 0.4) is 0 Å². The Bertz CT molecular complexity index is 502. The fourth-order valence-corrected chi connectivity index (χ4v) is 2.07. The number of nitrogens with one attached hydrogen (secondary N) is 2. The molecular weight excluding hydrogens is 290 g/mol. The first-order chi connectivity index (χ1) is 9.97. The van der Waals surface area contributed by atoms with Crippen LogP contribution in [0.5, 0.6) is 0 Å². The topological polar surface area (TPSA) is 61.4 Å². The van der Waals surface area contributed by atoms with Crippen LogP contribution in [0.4, 0.5) is 5.69 Å². The van der Waals surface area contributed by atoms with E-state index in [9.17, 15) is 9.59 Å². The molecule has 0 aliphatic carbocycles. The van der Waals surface area contributed by atoms with E-state index in [-0.39, 0.29) is 24.9 Å². The van der Waals surface area contributed by atoms with Crippen molar-refractivity contribution in [2.45, 2.75) is 20.8 Å². The van der Waals surface area contributed by atoms with Crippen molar-refractivity contribution in [3.63, 3.8) is 0 Å². The summed E-state index contributed by atoms with van der Waals surface area (Å²) in [5.74, 6) is -0.209. The number of carbonyl (C=O) groups excluding carboxylic acids is 2. The molecule has 21 heavy (non-hydrogen) atoms. The minimum absolute atomic E-state index is 0.00765. The lowest BCUT2D eigenvalue weighted by molar-refractivity contribution is -0.129. The van der Waals surface area contributed by atoms with Crippen molar-refractivity contribution in [3.05, 3.63) is 28.8 Å². The summed E-state index contributed by atoms with van der Waals surface area (Å²) >= 11 is 5.90. The van der Waals surface area contributed by atoms with Crippen molar-refractivity contribution in [2.24, 2.45) is 0 Å². The number of aryl methyl sites for hydroxylation is 1. The van der Waals surface area contributed by atoms with Crippen molar-refractivity contribution in [1.29, 1.82) is 0 Å². The first-order valence-corrected chi connectivity index (χ1v) is 7.40. The van der Waals surface area contributed by atoms with Gasteiger partial charge in [0.05, 0.1) is 13.1 Å². The number of nitrogens with zero attached hydrogens (tertiary/aromatic N) is 1. The van der Waals surface area contributed by atoms with Gasteiger partial charge in [-0.1, -0.05) is 17.7 Å². The van der Waals surface area contributed by atoms with Gasteiger partial charge in [0, 0.05) is 23.8 Å². The molecule has 1 rings (SSSR count). The molecule has 0 saturated carbocycles. The van der Waals surface area contributed by atoms with Gasteiger partial charge in [0.1, 0.15) is 0 Å². The van der Waals surface area contributed by atoms with Gasteiger partial charge in [-0.3, -0.25) is 14.9 Å². The zero-order valence-electron chi connectivity index (χ0n) is 12.7. The lowest BCUT2D eigenvalue weighted by Crippen LogP contribution is -2.40. The van der Waals surface area contributed by atoms with Gasteiger partial charge >= 0.3 is 0 Å². The van der Waals surface area contributed by atoms with Crippen molar-refractivity contribution in [1.82, 2.24) is 10.2 Å². The van der Waals surface area contributed by atoms with E-state index in [0.717, 1.165) is 5.56 Å². The lowest BCUT2D eigenvalue weighted by Gasteiger charge is -2.18. The van der Waals surface area contributed by atoms with Crippen LogP contribution in [0, 0.1) is 6.92 Å². The van der Waals surface area contributed by atoms with E-state index in [4.69, 9.17) is 11.6 Å². The average molecular weight is 312 g/mol. The maximum Gasteiger partial charge on any atom is 0.238 e. The SMILES string of the molecule is CCN(CC)C(=O)CNCC(=O)Nc1cc(Cl)ccc1C. The number of carbonyl (C=O) groups is 2. The monoisotopic (exact) mass is 311 g/mol. The number of hydrogen-bond donors (Lipinski definition) is 2. The highest BCUT2D eigenvalue weighted by Crippen LogP contribution is 2.19. The zero-order chi connectivity index (χ0) is 15.8. The van der Waals surface area contributed by atoms with Gasteiger partial charge in [0.2, 0.25) is 11.8 Å². The number of hydrogen-bond acceptors (Lipinski definition) is 3. The first kappa shape index (κ1) is 17.5. The molecule has 1 aromatic rings. The molecule has 0 aliphatic heterocycles. The highest BCUT2D eigenvalue weighted by atomic mass is 35.5. The molecule has 0 fully saturated rings. The maximum atomic E-state index is 11.8. The fourth-order valence-electron chi connectivity index (χ4n) is 1.89. The molecule has 0 saturated heterocycles. The predicted octanol–water partition coefficient (Wildman–Crippen LogP) is 2.04. The zero-order valence-corrected chi connectivity index (χ0v) is 13.5. The number of benzene rings is 1. The molecule has 1 aromatic carbocycles. The van der Waals surface area contributed by atoms with Gasteiger partial charge in [0.25, 0.3) is 0 Å². The fraction of sp³-hybridized carbons (Fsp3) is 0.467. The van der Waals surface area contributed by atoms with Crippen LogP contribution >= 0.6 is 11.6 Å². The summed E-state index contributed by atoms with van der Waals surface area (Å²) in [5, 5.41) is 6.19. The molecule has 0 unspecified atom stereocenters. The summed E-state index contributed by atoms with van der Waals surface area (Å²) < 4.78 is 0. The van der Waals surface area contributed by atoms with Gasteiger partial charge in [0.15, 0.2) is 0 Å². The van der Waals surface area contributed by atoms with Crippen molar-refractivity contribution in [3.8, 4) is 0 Å². The van der Waals surface area contributed by atoms with E-state index < -0.39 is 0 Å². The van der Waals surface area contributed by atoms with Gasteiger partial charge in [-0.25, -0.2) is 0 Å². The Balaban J connectivity index is 2.41. The number of rotatable bonds is 7. The first-order valence-electron chi connectivity index (χ1n) is 7.02. The number of likely N-dealkylation sites (N-methyl/N-ethyl adjacent to an activating group) is 1. The molecule has 6 heteroatoms. The molecule has 0 bridgehead atoms. The summed E-state index contributed by atoms with van der Waals surface area (Å²) in [6, 6.07) is 5.32. The molecule has 2 N–H and O–H groups in total. The summed E-state index contributed by atoms with van der Waals surface area (Å²) in [4.78, 5) is 25.3. The minimum atomic E-state index is -0.201. The van der Waals surface area contributed by atoms with Crippen LogP contribution in [0.2, 0.25) is 5.02 Å². The molecule has 0 spiro atoms. The van der Waals surface area contributed by atoms with Crippen LogP contribution in [0.15, 0.2) is 18.2 Å². The van der Waals surface area contributed by atoms with Crippen LogP contribution in [-0.2, 0) is 9.59 Å². The second-order valence-electron chi connectivity index (χ2n) is 4.68. The maximum absolute atomic E-state index is 11.8. The Morgan fingerprint density at radius 2 is 1.86 bits per heavy atom. The van der Waals surface area contributed by atoms with Gasteiger partial charge in [-0.05, 0) is 38.5 Å². The molecule has 0 heterocycles. The quantitative estimate of drug-likeness (QED) is 0.810. The molecular formula is C15H22ClN3O2. The largest absolute Gasteiger partial charge is 0.342 e. The van der Waals surface area contributed by atoms with Gasteiger partial charge in [-0.2, -0.15) is 0 Å². The lowest BCUT2D eigenvalue weighted by atomic mass is 10.2. The average Bonchev–Trinajstić information content (AvgIpc) is 2.44. The normalized spacial score (nSPS) is 10.3. The second-order valence-corrected chi connectivity index (χ2v) is 5.11. The van der Waals surface area contributed by atoms with Crippen LogP contribution in [0.1, 0.15) is 19.4 Å². The van der Waals surface area contributed by atoms with Crippen molar-refractivity contribution in [2.75, 3.05) is 31.5 Å². The molecule has 5 nitrogen and oxygen atoms in total. The molecule has 116 valence electrons. The third-order valence-electron chi connectivity index (χ3n) is 3.15. The highest BCUT2D eigenvalue weighted by Gasteiger charge is 2.10. The summed E-state index contributed by atoms with van der Waals surface area (Å²) in [6.45, 7) is 7.33. The smallest absolute Gasteiger partial charge is 0.238 e. The van der Waals surface area contributed by atoms with E-state index >= 15 is 0 Å². The van der Waals surface area contributed by atoms with Crippen molar-refractivity contribution < 1.29 is 9.59 Å². The summed E-state index contributed by atoms with van der Waals surface area (Å²) in [5.41, 5.74) is 1.62. The molecule has 0 radical (unpaired) electrons. The summed E-state index contributed by atoms with van der Waals surface area (Å²) in [6.07, 6.45) is 0. The summed E-state index contributed by atoms with van der Waals surface area (Å²) in [7, 11) is 0. The Hall–Kier alpha value is -1.59. The Morgan fingerprint density at radius 3 is 2.48 bits per heavy atom. The highest BCUT2D eigenvalue weighted by molar-refractivity contribution is 6.31. The van der Waals surface area contributed by atoms with E-state index in [2.05, 4.69) is 10.6 Å². The van der Waals surface area contributed by atoms with Gasteiger partial charge in [-0.15, -0.1) is 0 Å². The van der Waals surface area contributed by atoms with E-state index in [0.29, 0.717) is 23.8 Å². The van der Waals surface area contributed by atoms with Crippen LogP contribution in [-0.4, -0.2) is 42.9 Å². The third-order valence-corrected chi connectivity index (χ3v) is 3.39. The van der Waals surface area contributed by atoms with Crippen molar-refractivity contribution >= 4 is 29.1 Å². The van der Waals surface area contributed by atoms with Crippen LogP contribution < -0.4 is 10.6 Å². The minimum Gasteiger partial charge on any atom is -0.342 e. The van der Waals surface area contributed by atoms with Gasteiger partial charge < -0.3 is 10.2 Å².